The van der Waals surface area contributed by atoms with Crippen molar-refractivity contribution in [1.82, 2.24) is 0 Å². The molecule has 0 heterocycles. The van der Waals surface area contributed by atoms with Crippen molar-refractivity contribution >= 4 is 5.97 Å². The van der Waals surface area contributed by atoms with Gasteiger partial charge in [-0.1, -0.05) is 20.8 Å². The van der Waals surface area contributed by atoms with Crippen LogP contribution in [0.15, 0.2) is 0 Å². The number of ether oxygens (including phenoxy) is 1. The Labute approximate surface area is 92.4 Å². The molecule has 0 aliphatic rings. The van der Waals surface area contributed by atoms with Gasteiger partial charge in [0.05, 0.1) is 33.7 Å². The van der Waals surface area contributed by atoms with Gasteiger partial charge in [-0.25, -0.2) is 0 Å². The van der Waals surface area contributed by atoms with E-state index in [2.05, 4.69) is 0 Å². The Balaban J connectivity index is 3.57. The molecule has 0 fully saturated rings. The summed E-state index contributed by atoms with van der Waals surface area (Å²) in [5.74, 6) is -0.182. The van der Waals surface area contributed by atoms with Crippen molar-refractivity contribution in [1.29, 1.82) is 0 Å². The topological polar surface area (TPSA) is 49.4 Å². The average molecular weight is 217 g/mol. The van der Waals surface area contributed by atoms with Crippen molar-refractivity contribution in [3.05, 3.63) is 5.21 Å². The second-order valence-electron chi connectivity index (χ2n) is 5.61. The van der Waals surface area contributed by atoms with Gasteiger partial charge in [0.25, 0.3) is 0 Å². The van der Waals surface area contributed by atoms with Crippen LogP contribution in [0.25, 0.3) is 0 Å². The molecule has 4 nitrogen and oxygen atoms in total. The third-order valence-electron chi connectivity index (χ3n) is 1.78. The zero-order valence-corrected chi connectivity index (χ0v) is 10.5. The summed E-state index contributed by atoms with van der Waals surface area (Å²) >= 11 is 0. The van der Waals surface area contributed by atoms with Crippen LogP contribution in [0.3, 0.4) is 0 Å². The molecule has 0 aromatic heterocycles. The second kappa shape index (κ2) is 5.47. The standard InChI is InChI=1S/C11H23NO3/c1-11(2,3)9-10(13)15-8-6-7-12(4,5)14/h6-9H2,1-5H3. The molecule has 0 aliphatic carbocycles. The van der Waals surface area contributed by atoms with E-state index < -0.39 is 0 Å². The molecule has 0 aliphatic heterocycles. The third-order valence-corrected chi connectivity index (χ3v) is 1.78. The summed E-state index contributed by atoms with van der Waals surface area (Å²) in [6.07, 6.45) is 1.04. The van der Waals surface area contributed by atoms with E-state index >= 15 is 0 Å². The van der Waals surface area contributed by atoms with Gasteiger partial charge in [-0.3, -0.25) is 4.79 Å². The van der Waals surface area contributed by atoms with Gasteiger partial charge in [0.1, 0.15) is 0 Å². The van der Waals surface area contributed by atoms with Crippen LogP contribution in [0, 0.1) is 10.6 Å². The normalized spacial score (nSPS) is 12.7. The highest BCUT2D eigenvalue weighted by Gasteiger charge is 2.16. The molecular formula is C11H23NO3. The third kappa shape index (κ3) is 11.3. The lowest BCUT2D eigenvalue weighted by Crippen LogP contribution is -2.33. The summed E-state index contributed by atoms with van der Waals surface area (Å²) in [6, 6.07) is 0. The molecule has 0 atom stereocenters. The van der Waals surface area contributed by atoms with Crippen LogP contribution < -0.4 is 0 Å². The van der Waals surface area contributed by atoms with Crippen molar-refractivity contribution in [2.75, 3.05) is 27.2 Å². The number of hydrogen-bond acceptors (Lipinski definition) is 3. The molecular weight excluding hydrogens is 194 g/mol. The Hall–Kier alpha value is -0.610. The lowest BCUT2D eigenvalue weighted by atomic mass is 9.92. The Morgan fingerprint density at radius 3 is 2.27 bits per heavy atom. The molecule has 4 heteroatoms. The zero-order valence-electron chi connectivity index (χ0n) is 10.5. The van der Waals surface area contributed by atoms with E-state index in [1.54, 1.807) is 14.1 Å². The van der Waals surface area contributed by atoms with Crippen molar-refractivity contribution in [3.8, 4) is 0 Å². The highest BCUT2D eigenvalue weighted by Crippen LogP contribution is 2.18. The number of carbonyl (C=O) groups excluding carboxylic acids is 1. The number of nitrogens with zero attached hydrogens (tertiary/aromatic N) is 1. The van der Waals surface area contributed by atoms with Gasteiger partial charge in [-0.15, -0.1) is 0 Å². The molecule has 0 spiro atoms. The fourth-order valence-corrected chi connectivity index (χ4v) is 1.12. The fraction of sp³-hybridized carbons (Fsp3) is 0.909. The summed E-state index contributed by atoms with van der Waals surface area (Å²) < 4.78 is 4.69. The molecule has 0 saturated heterocycles. The minimum atomic E-state index is -0.336. The van der Waals surface area contributed by atoms with Crippen LogP contribution in [0.5, 0.6) is 0 Å². The van der Waals surface area contributed by atoms with Crippen molar-refractivity contribution in [2.45, 2.75) is 33.6 Å². The molecule has 0 unspecified atom stereocenters. The average Bonchev–Trinajstić information content (AvgIpc) is 1.92. The van der Waals surface area contributed by atoms with E-state index in [0.717, 1.165) is 0 Å². The van der Waals surface area contributed by atoms with Crippen molar-refractivity contribution in [3.63, 3.8) is 0 Å². The predicted molar refractivity (Wildman–Crippen MR) is 60.0 cm³/mol. The molecule has 0 saturated carbocycles. The first-order valence-electron chi connectivity index (χ1n) is 5.30. The quantitative estimate of drug-likeness (QED) is 0.306. The lowest BCUT2D eigenvalue weighted by molar-refractivity contribution is -0.840. The maximum Gasteiger partial charge on any atom is 0.306 e. The molecule has 0 aromatic carbocycles. The summed E-state index contributed by atoms with van der Waals surface area (Å²) in [7, 11) is 3.16. The smallest absolute Gasteiger partial charge is 0.306 e. The Morgan fingerprint density at radius 2 is 1.87 bits per heavy atom. The Kier molecular flexibility index (Phi) is 5.24. The van der Waals surface area contributed by atoms with Crippen LogP contribution in [-0.2, 0) is 9.53 Å². The van der Waals surface area contributed by atoms with E-state index in [9.17, 15) is 10.0 Å². The van der Waals surface area contributed by atoms with Crippen LogP contribution in [0.1, 0.15) is 33.6 Å². The number of hydroxylamine groups is 3. The van der Waals surface area contributed by atoms with Crippen LogP contribution in [0.4, 0.5) is 0 Å². The van der Waals surface area contributed by atoms with Gasteiger partial charge in [-0.2, -0.15) is 0 Å². The van der Waals surface area contributed by atoms with Gasteiger partial charge in [0.15, 0.2) is 0 Å². The first kappa shape index (κ1) is 14.4. The summed E-state index contributed by atoms with van der Waals surface area (Å²) in [5, 5.41) is 11.2. The van der Waals surface area contributed by atoms with Gasteiger partial charge in [-0.05, 0) is 5.41 Å². The summed E-state index contributed by atoms with van der Waals surface area (Å²) in [6.45, 7) is 6.80. The molecule has 0 bridgehead atoms. The van der Waals surface area contributed by atoms with Gasteiger partial charge in [0, 0.05) is 6.42 Å². The van der Waals surface area contributed by atoms with Gasteiger partial charge >= 0.3 is 5.97 Å². The monoisotopic (exact) mass is 217 g/mol. The highest BCUT2D eigenvalue weighted by molar-refractivity contribution is 5.70. The van der Waals surface area contributed by atoms with Gasteiger partial charge in [0.2, 0.25) is 0 Å². The minimum absolute atomic E-state index is 0.0368. The Morgan fingerprint density at radius 1 is 1.33 bits per heavy atom. The number of quaternary nitrogens is 1. The first-order chi connectivity index (χ1) is 6.60. The highest BCUT2D eigenvalue weighted by atomic mass is 16.5. The van der Waals surface area contributed by atoms with E-state index in [-0.39, 0.29) is 16.0 Å². The molecule has 0 aromatic rings. The molecule has 0 rings (SSSR count). The minimum Gasteiger partial charge on any atom is -0.633 e. The van der Waals surface area contributed by atoms with E-state index in [1.807, 2.05) is 20.8 Å². The number of carbonyl (C=O) groups is 1. The zero-order chi connectivity index (χ0) is 12.1. The maximum atomic E-state index is 11.3. The second-order valence-corrected chi connectivity index (χ2v) is 5.61. The predicted octanol–water partition coefficient (Wildman–Crippen LogP) is 1.93. The largest absolute Gasteiger partial charge is 0.633 e. The van der Waals surface area contributed by atoms with Gasteiger partial charge < -0.3 is 14.6 Å². The van der Waals surface area contributed by atoms with Crippen molar-refractivity contribution < 1.29 is 14.2 Å². The fourth-order valence-electron chi connectivity index (χ4n) is 1.12. The van der Waals surface area contributed by atoms with E-state index in [4.69, 9.17) is 4.74 Å². The number of hydrogen-bond donors (Lipinski definition) is 0. The lowest BCUT2D eigenvalue weighted by Gasteiger charge is -2.33. The molecule has 0 amide bonds. The first-order valence-corrected chi connectivity index (χ1v) is 5.30. The molecule has 0 N–H and O–H groups in total. The summed E-state index contributed by atoms with van der Waals surface area (Å²) in [5.41, 5.74) is -0.0368. The molecule has 0 radical (unpaired) electrons. The number of esters is 1. The van der Waals surface area contributed by atoms with Crippen LogP contribution in [-0.4, -0.2) is 37.9 Å². The van der Waals surface area contributed by atoms with E-state index in [1.165, 1.54) is 0 Å². The number of rotatable bonds is 5. The molecule has 90 valence electrons. The SMILES string of the molecule is CC(C)(C)CC(=O)OCCC[N+](C)(C)[O-]. The molecule has 15 heavy (non-hydrogen) atoms. The Bertz CT molecular complexity index is 201. The summed E-state index contributed by atoms with van der Waals surface area (Å²) in [4.78, 5) is 11.3. The van der Waals surface area contributed by atoms with Crippen LogP contribution in [0.2, 0.25) is 0 Å². The van der Waals surface area contributed by atoms with Crippen LogP contribution >= 0.6 is 0 Å². The van der Waals surface area contributed by atoms with E-state index in [0.29, 0.717) is 26.0 Å². The maximum absolute atomic E-state index is 11.3. The van der Waals surface area contributed by atoms with Crippen molar-refractivity contribution in [2.24, 2.45) is 5.41 Å².